The molecule has 2 fully saturated rings. The Bertz CT molecular complexity index is 259. The molecule has 0 bridgehead atoms. The van der Waals surface area contributed by atoms with E-state index in [9.17, 15) is 4.79 Å². The van der Waals surface area contributed by atoms with Gasteiger partial charge in [0.05, 0.1) is 25.0 Å². The third-order valence-corrected chi connectivity index (χ3v) is 4.39. The van der Waals surface area contributed by atoms with E-state index >= 15 is 0 Å². The van der Waals surface area contributed by atoms with Crippen LogP contribution in [-0.2, 0) is 4.79 Å². The highest BCUT2D eigenvalue weighted by molar-refractivity contribution is 5.79. The van der Waals surface area contributed by atoms with E-state index in [0.717, 1.165) is 26.1 Å². The predicted molar refractivity (Wildman–Crippen MR) is 69.0 cm³/mol. The standard InChI is InChI=1S/C14H26N2O/c1-12(2)16-10-6-7-13(11-16)14(17)15-8-4-3-5-9-15/h12-13H,3-11H2,1-2H3/p+1/t13-/m1/s1. The molecule has 2 heterocycles. The minimum atomic E-state index is 0.305. The van der Waals surface area contributed by atoms with Crippen LogP contribution in [0.15, 0.2) is 0 Å². The molecule has 0 aromatic heterocycles. The maximum atomic E-state index is 12.4. The van der Waals surface area contributed by atoms with Crippen molar-refractivity contribution >= 4 is 5.91 Å². The van der Waals surface area contributed by atoms with Gasteiger partial charge >= 0.3 is 0 Å². The number of nitrogens with zero attached hydrogens (tertiary/aromatic N) is 1. The van der Waals surface area contributed by atoms with Gasteiger partial charge in [-0.1, -0.05) is 0 Å². The highest BCUT2D eigenvalue weighted by Crippen LogP contribution is 2.16. The van der Waals surface area contributed by atoms with Gasteiger partial charge in [0.15, 0.2) is 0 Å². The molecule has 98 valence electrons. The van der Waals surface area contributed by atoms with Crippen molar-refractivity contribution in [1.82, 2.24) is 4.90 Å². The molecule has 1 amide bonds. The minimum Gasteiger partial charge on any atom is -0.342 e. The van der Waals surface area contributed by atoms with Gasteiger partial charge < -0.3 is 9.80 Å². The fraction of sp³-hybridized carbons (Fsp3) is 0.929. The van der Waals surface area contributed by atoms with Gasteiger partial charge in [-0.3, -0.25) is 4.79 Å². The molecule has 0 saturated carbocycles. The summed E-state index contributed by atoms with van der Waals surface area (Å²) < 4.78 is 0. The van der Waals surface area contributed by atoms with Gasteiger partial charge in [0.1, 0.15) is 0 Å². The number of carbonyl (C=O) groups excluding carboxylic acids is 1. The van der Waals surface area contributed by atoms with Crippen LogP contribution in [0, 0.1) is 5.92 Å². The fourth-order valence-corrected chi connectivity index (χ4v) is 3.20. The fourth-order valence-electron chi connectivity index (χ4n) is 3.20. The normalized spacial score (nSPS) is 30.6. The molecule has 2 atom stereocenters. The topological polar surface area (TPSA) is 24.8 Å². The van der Waals surface area contributed by atoms with Crippen LogP contribution in [0.2, 0.25) is 0 Å². The van der Waals surface area contributed by atoms with E-state index in [1.807, 2.05) is 0 Å². The van der Waals surface area contributed by atoms with E-state index in [1.165, 1.54) is 32.2 Å². The second-order valence-corrected chi connectivity index (χ2v) is 5.99. The number of piperidine rings is 2. The highest BCUT2D eigenvalue weighted by Gasteiger charge is 2.32. The van der Waals surface area contributed by atoms with Crippen molar-refractivity contribution in [1.29, 1.82) is 0 Å². The van der Waals surface area contributed by atoms with Gasteiger partial charge in [-0.05, 0) is 46.0 Å². The lowest BCUT2D eigenvalue weighted by molar-refractivity contribution is -0.928. The van der Waals surface area contributed by atoms with Crippen LogP contribution in [-0.4, -0.2) is 43.0 Å². The first-order valence-corrected chi connectivity index (χ1v) is 7.32. The number of likely N-dealkylation sites (tertiary alicyclic amines) is 2. The predicted octanol–water partition coefficient (Wildman–Crippen LogP) is 0.702. The first-order valence-electron chi connectivity index (χ1n) is 7.32. The summed E-state index contributed by atoms with van der Waals surface area (Å²) in [5.74, 6) is 0.752. The number of amides is 1. The molecule has 2 aliphatic heterocycles. The van der Waals surface area contributed by atoms with Crippen LogP contribution >= 0.6 is 0 Å². The Hall–Kier alpha value is -0.570. The van der Waals surface area contributed by atoms with Crippen LogP contribution in [0.5, 0.6) is 0 Å². The zero-order valence-electron chi connectivity index (χ0n) is 11.4. The van der Waals surface area contributed by atoms with E-state index in [1.54, 1.807) is 4.90 Å². The number of hydrogen-bond donors (Lipinski definition) is 1. The lowest BCUT2D eigenvalue weighted by Gasteiger charge is -2.35. The molecular weight excluding hydrogens is 212 g/mol. The number of carbonyl (C=O) groups is 1. The Morgan fingerprint density at radius 1 is 1.18 bits per heavy atom. The Morgan fingerprint density at radius 2 is 1.88 bits per heavy atom. The summed E-state index contributed by atoms with van der Waals surface area (Å²) in [4.78, 5) is 16.2. The Labute approximate surface area is 105 Å². The molecule has 1 unspecified atom stereocenters. The second-order valence-electron chi connectivity index (χ2n) is 5.99. The van der Waals surface area contributed by atoms with E-state index < -0.39 is 0 Å². The second kappa shape index (κ2) is 5.85. The molecule has 0 spiro atoms. The summed E-state index contributed by atoms with van der Waals surface area (Å²) in [6.45, 7) is 8.86. The first-order chi connectivity index (χ1) is 8.18. The van der Waals surface area contributed by atoms with Gasteiger partial charge in [-0.25, -0.2) is 0 Å². The lowest BCUT2D eigenvalue weighted by Crippen LogP contribution is -3.16. The van der Waals surface area contributed by atoms with Gasteiger partial charge in [-0.2, -0.15) is 0 Å². The van der Waals surface area contributed by atoms with Crippen LogP contribution < -0.4 is 4.90 Å². The summed E-state index contributed by atoms with van der Waals surface area (Å²) in [5, 5.41) is 0. The monoisotopic (exact) mass is 239 g/mol. The minimum absolute atomic E-state index is 0.305. The maximum absolute atomic E-state index is 12.4. The third-order valence-electron chi connectivity index (χ3n) is 4.39. The van der Waals surface area contributed by atoms with Crippen molar-refractivity contribution in [3.05, 3.63) is 0 Å². The summed E-state index contributed by atoms with van der Waals surface area (Å²) >= 11 is 0. The van der Waals surface area contributed by atoms with Crippen molar-refractivity contribution in [3.8, 4) is 0 Å². The summed E-state index contributed by atoms with van der Waals surface area (Å²) in [5.41, 5.74) is 0. The van der Waals surface area contributed by atoms with E-state index in [2.05, 4.69) is 18.7 Å². The molecule has 0 aromatic rings. The zero-order chi connectivity index (χ0) is 12.3. The molecule has 0 aromatic carbocycles. The van der Waals surface area contributed by atoms with E-state index in [4.69, 9.17) is 0 Å². The van der Waals surface area contributed by atoms with Gasteiger partial charge in [-0.15, -0.1) is 0 Å². The van der Waals surface area contributed by atoms with Crippen molar-refractivity contribution < 1.29 is 9.69 Å². The summed E-state index contributed by atoms with van der Waals surface area (Å²) in [6.07, 6.45) is 6.06. The van der Waals surface area contributed by atoms with Crippen molar-refractivity contribution in [3.63, 3.8) is 0 Å². The zero-order valence-corrected chi connectivity index (χ0v) is 11.4. The molecule has 0 radical (unpaired) electrons. The number of rotatable bonds is 2. The van der Waals surface area contributed by atoms with Gasteiger partial charge in [0.25, 0.3) is 0 Å². The molecule has 3 nitrogen and oxygen atoms in total. The lowest BCUT2D eigenvalue weighted by atomic mass is 9.94. The number of quaternary nitrogens is 1. The maximum Gasteiger partial charge on any atom is 0.231 e. The van der Waals surface area contributed by atoms with Crippen molar-refractivity contribution in [2.24, 2.45) is 5.92 Å². The SMILES string of the molecule is CC(C)[NH+]1CCC[C@@H](C(=O)N2CCCCC2)C1. The molecule has 2 saturated heterocycles. The van der Waals surface area contributed by atoms with Crippen LogP contribution in [0.1, 0.15) is 46.0 Å². The molecule has 3 heteroatoms. The molecule has 17 heavy (non-hydrogen) atoms. The van der Waals surface area contributed by atoms with Crippen LogP contribution in [0.25, 0.3) is 0 Å². The number of hydrogen-bond acceptors (Lipinski definition) is 1. The first kappa shape index (κ1) is 12.9. The average molecular weight is 239 g/mol. The van der Waals surface area contributed by atoms with Crippen LogP contribution in [0.3, 0.4) is 0 Å². The smallest absolute Gasteiger partial charge is 0.231 e. The van der Waals surface area contributed by atoms with E-state index in [-0.39, 0.29) is 0 Å². The highest BCUT2D eigenvalue weighted by atomic mass is 16.2. The Morgan fingerprint density at radius 3 is 2.53 bits per heavy atom. The van der Waals surface area contributed by atoms with Gasteiger partial charge in [0.2, 0.25) is 5.91 Å². The molecule has 1 N–H and O–H groups in total. The Balaban J connectivity index is 1.89. The van der Waals surface area contributed by atoms with Crippen molar-refractivity contribution in [2.75, 3.05) is 26.2 Å². The average Bonchev–Trinajstić information content (AvgIpc) is 2.39. The summed E-state index contributed by atoms with van der Waals surface area (Å²) in [6, 6.07) is 0.659. The summed E-state index contributed by atoms with van der Waals surface area (Å²) in [7, 11) is 0. The molecular formula is C14H27N2O+. The Kier molecular flexibility index (Phi) is 4.43. The van der Waals surface area contributed by atoms with Crippen LogP contribution in [0.4, 0.5) is 0 Å². The molecule has 2 aliphatic rings. The van der Waals surface area contributed by atoms with Crippen molar-refractivity contribution in [2.45, 2.75) is 52.0 Å². The molecule has 0 aliphatic carbocycles. The quantitative estimate of drug-likeness (QED) is 0.754. The number of nitrogens with one attached hydrogen (secondary N) is 1. The van der Waals surface area contributed by atoms with E-state index in [0.29, 0.717) is 17.9 Å². The third kappa shape index (κ3) is 3.21. The molecule has 2 rings (SSSR count). The van der Waals surface area contributed by atoms with Gasteiger partial charge in [0, 0.05) is 13.1 Å². The largest absolute Gasteiger partial charge is 0.342 e.